The van der Waals surface area contributed by atoms with Crippen molar-refractivity contribution in [2.45, 2.75) is 6.42 Å². The van der Waals surface area contributed by atoms with E-state index < -0.39 is 0 Å². The minimum Gasteiger partial charge on any atom is -0.395 e. The Morgan fingerprint density at radius 1 is 1.53 bits per heavy atom. The van der Waals surface area contributed by atoms with Crippen molar-refractivity contribution in [3.8, 4) is 0 Å². The highest BCUT2D eigenvalue weighted by Gasteiger charge is 2.13. The van der Waals surface area contributed by atoms with E-state index in [1.807, 2.05) is 5.43 Å². The Kier molecular flexibility index (Phi) is 5.18. The molecular formula is C10H16N4O3. The summed E-state index contributed by atoms with van der Waals surface area (Å²) in [7, 11) is 0. The maximum Gasteiger partial charge on any atom is 0.253 e. The number of carbonyl (C=O) groups is 2. The molecule has 1 rings (SSSR count). The van der Waals surface area contributed by atoms with E-state index in [4.69, 9.17) is 10.9 Å². The Balaban J connectivity index is 2.56. The SMILES string of the molecule is NNC(=O)CN1C=CCC(C(=O)NCCO)=C1. The first-order valence-electron chi connectivity index (χ1n) is 5.19. The van der Waals surface area contributed by atoms with Gasteiger partial charge in [0.15, 0.2) is 0 Å². The summed E-state index contributed by atoms with van der Waals surface area (Å²) in [6.45, 7) is 0.168. The van der Waals surface area contributed by atoms with Gasteiger partial charge in [-0.3, -0.25) is 15.0 Å². The summed E-state index contributed by atoms with van der Waals surface area (Å²) in [6, 6.07) is 0. The molecule has 0 saturated carbocycles. The Hall–Kier alpha value is -1.86. The molecule has 0 aliphatic carbocycles. The highest BCUT2D eigenvalue weighted by Crippen LogP contribution is 2.11. The van der Waals surface area contributed by atoms with Gasteiger partial charge in [-0.15, -0.1) is 0 Å². The van der Waals surface area contributed by atoms with E-state index in [1.54, 1.807) is 23.4 Å². The Morgan fingerprint density at radius 2 is 2.29 bits per heavy atom. The molecule has 17 heavy (non-hydrogen) atoms. The van der Waals surface area contributed by atoms with Crippen LogP contribution in [0.4, 0.5) is 0 Å². The molecule has 0 bridgehead atoms. The molecule has 1 aliphatic heterocycles. The number of amides is 2. The lowest BCUT2D eigenvalue weighted by Crippen LogP contribution is -2.38. The molecule has 0 radical (unpaired) electrons. The van der Waals surface area contributed by atoms with Gasteiger partial charge in [-0.2, -0.15) is 0 Å². The summed E-state index contributed by atoms with van der Waals surface area (Å²) in [5.41, 5.74) is 2.55. The lowest BCUT2D eigenvalue weighted by molar-refractivity contribution is -0.121. The van der Waals surface area contributed by atoms with Crippen LogP contribution < -0.4 is 16.6 Å². The minimum absolute atomic E-state index is 0.0593. The average molecular weight is 240 g/mol. The third-order valence-electron chi connectivity index (χ3n) is 2.13. The van der Waals surface area contributed by atoms with Gasteiger partial charge in [0.05, 0.1) is 6.61 Å². The Morgan fingerprint density at radius 3 is 2.94 bits per heavy atom. The van der Waals surface area contributed by atoms with Crippen molar-refractivity contribution >= 4 is 11.8 Å². The van der Waals surface area contributed by atoms with Gasteiger partial charge in [-0.1, -0.05) is 6.08 Å². The second-order valence-electron chi connectivity index (χ2n) is 3.46. The summed E-state index contributed by atoms with van der Waals surface area (Å²) in [6.07, 6.45) is 5.57. The molecule has 1 aliphatic rings. The molecule has 1 heterocycles. The molecule has 7 heteroatoms. The fraction of sp³-hybridized carbons (Fsp3) is 0.400. The van der Waals surface area contributed by atoms with Crippen molar-refractivity contribution in [2.75, 3.05) is 19.7 Å². The average Bonchev–Trinajstić information content (AvgIpc) is 2.36. The second-order valence-corrected chi connectivity index (χ2v) is 3.46. The number of nitrogens with one attached hydrogen (secondary N) is 2. The molecule has 0 unspecified atom stereocenters. The second kappa shape index (κ2) is 6.66. The molecular weight excluding hydrogens is 224 g/mol. The number of nitrogens with two attached hydrogens (primary N) is 1. The summed E-state index contributed by atoms with van der Waals surface area (Å²) in [4.78, 5) is 24.2. The van der Waals surface area contributed by atoms with Gasteiger partial charge in [0.25, 0.3) is 5.91 Å². The predicted octanol–water partition coefficient (Wildman–Crippen LogP) is -1.81. The van der Waals surface area contributed by atoms with Crippen LogP contribution in [0.5, 0.6) is 0 Å². The number of allylic oxidation sites excluding steroid dienone is 1. The van der Waals surface area contributed by atoms with Gasteiger partial charge in [0.2, 0.25) is 5.91 Å². The Labute approximate surface area is 98.9 Å². The van der Waals surface area contributed by atoms with Crippen molar-refractivity contribution < 1.29 is 14.7 Å². The number of hydrazine groups is 1. The molecule has 0 atom stereocenters. The van der Waals surface area contributed by atoms with Crippen LogP contribution in [0.15, 0.2) is 24.0 Å². The molecule has 0 saturated heterocycles. The number of aliphatic hydroxyl groups excluding tert-OH is 1. The zero-order valence-corrected chi connectivity index (χ0v) is 9.35. The first kappa shape index (κ1) is 13.2. The van der Waals surface area contributed by atoms with E-state index in [9.17, 15) is 9.59 Å². The molecule has 0 fully saturated rings. The zero-order chi connectivity index (χ0) is 12.7. The standard InChI is InChI=1S/C10H16N4O3/c11-13-9(16)7-14-4-1-2-8(6-14)10(17)12-3-5-15/h1,4,6,15H,2-3,5,7,11H2,(H,12,17)(H,13,16). The van der Waals surface area contributed by atoms with E-state index in [2.05, 4.69) is 5.32 Å². The van der Waals surface area contributed by atoms with Gasteiger partial charge in [-0.25, -0.2) is 5.84 Å². The van der Waals surface area contributed by atoms with Crippen molar-refractivity contribution in [3.63, 3.8) is 0 Å². The maximum absolute atomic E-state index is 11.6. The van der Waals surface area contributed by atoms with E-state index >= 15 is 0 Å². The van der Waals surface area contributed by atoms with E-state index in [0.29, 0.717) is 12.0 Å². The van der Waals surface area contributed by atoms with Gasteiger partial charge in [-0.05, 0) is 6.42 Å². The van der Waals surface area contributed by atoms with E-state index in [1.165, 1.54) is 0 Å². The number of nitrogens with zero attached hydrogens (tertiary/aromatic N) is 1. The van der Waals surface area contributed by atoms with Crippen LogP contribution in [0.1, 0.15) is 6.42 Å². The van der Waals surface area contributed by atoms with Crippen LogP contribution in [-0.2, 0) is 9.59 Å². The Bertz CT molecular complexity index is 351. The quantitative estimate of drug-likeness (QED) is 0.257. The lowest BCUT2D eigenvalue weighted by Gasteiger charge is -2.20. The molecule has 0 aromatic carbocycles. The van der Waals surface area contributed by atoms with Crippen LogP contribution in [0.25, 0.3) is 0 Å². The van der Waals surface area contributed by atoms with Crippen LogP contribution in [0.2, 0.25) is 0 Å². The van der Waals surface area contributed by atoms with Gasteiger partial charge in [0.1, 0.15) is 6.54 Å². The van der Waals surface area contributed by atoms with Gasteiger partial charge in [0, 0.05) is 24.5 Å². The summed E-state index contributed by atoms with van der Waals surface area (Å²) in [5.74, 6) is 4.38. The molecule has 7 nitrogen and oxygen atoms in total. The van der Waals surface area contributed by atoms with Crippen molar-refractivity contribution in [1.29, 1.82) is 0 Å². The van der Waals surface area contributed by atoms with Crippen LogP contribution in [0.3, 0.4) is 0 Å². The topological polar surface area (TPSA) is 108 Å². The van der Waals surface area contributed by atoms with Gasteiger partial charge >= 0.3 is 0 Å². The van der Waals surface area contributed by atoms with Gasteiger partial charge < -0.3 is 15.3 Å². The molecule has 5 N–H and O–H groups in total. The fourth-order valence-corrected chi connectivity index (χ4v) is 1.36. The van der Waals surface area contributed by atoms with E-state index in [0.717, 1.165) is 0 Å². The predicted molar refractivity (Wildman–Crippen MR) is 61.0 cm³/mol. The zero-order valence-electron chi connectivity index (χ0n) is 9.35. The number of hydrogen-bond donors (Lipinski definition) is 4. The summed E-state index contributed by atoms with van der Waals surface area (Å²) < 4.78 is 0. The first-order chi connectivity index (χ1) is 8.17. The maximum atomic E-state index is 11.6. The number of carbonyl (C=O) groups excluding carboxylic acids is 2. The van der Waals surface area contributed by atoms with Crippen LogP contribution in [-0.4, -0.2) is 41.5 Å². The van der Waals surface area contributed by atoms with Crippen molar-refractivity contribution in [1.82, 2.24) is 15.6 Å². The van der Waals surface area contributed by atoms with Crippen LogP contribution in [0, 0.1) is 0 Å². The smallest absolute Gasteiger partial charge is 0.253 e. The molecule has 0 aromatic rings. The van der Waals surface area contributed by atoms with Crippen molar-refractivity contribution in [3.05, 3.63) is 24.0 Å². The van der Waals surface area contributed by atoms with Crippen molar-refractivity contribution in [2.24, 2.45) is 5.84 Å². The summed E-state index contributed by atoms with van der Waals surface area (Å²) in [5, 5.41) is 11.1. The summed E-state index contributed by atoms with van der Waals surface area (Å²) >= 11 is 0. The third-order valence-corrected chi connectivity index (χ3v) is 2.13. The minimum atomic E-state index is -0.345. The fourth-order valence-electron chi connectivity index (χ4n) is 1.36. The normalized spacial score (nSPS) is 14.2. The monoisotopic (exact) mass is 240 g/mol. The molecule has 0 spiro atoms. The van der Waals surface area contributed by atoms with E-state index in [-0.39, 0.29) is 31.5 Å². The highest BCUT2D eigenvalue weighted by atomic mass is 16.3. The van der Waals surface area contributed by atoms with Crippen LogP contribution >= 0.6 is 0 Å². The third kappa shape index (κ3) is 4.25. The lowest BCUT2D eigenvalue weighted by atomic mass is 10.1. The number of rotatable bonds is 5. The molecule has 2 amide bonds. The molecule has 0 aromatic heterocycles. The highest BCUT2D eigenvalue weighted by molar-refractivity contribution is 5.93. The molecule has 94 valence electrons. The largest absolute Gasteiger partial charge is 0.395 e. The number of hydrogen-bond acceptors (Lipinski definition) is 5. The first-order valence-corrected chi connectivity index (χ1v) is 5.19. The number of aliphatic hydroxyl groups is 1.